The lowest BCUT2D eigenvalue weighted by atomic mass is 10.2. The Morgan fingerprint density at radius 3 is 2.90 bits per heavy atom. The number of hydrogen-bond acceptors (Lipinski definition) is 4. The van der Waals surface area contributed by atoms with E-state index >= 15 is 0 Å². The molecule has 3 rings (SSSR count). The number of fused-ring (bicyclic) bond motifs is 1. The number of carbonyl (C=O) groups is 1. The summed E-state index contributed by atoms with van der Waals surface area (Å²) in [4.78, 5) is 11.4. The molecule has 1 N–H and O–H groups in total. The highest BCUT2D eigenvalue weighted by Crippen LogP contribution is 2.23. The second kappa shape index (κ2) is 6.11. The van der Waals surface area contributed by atoms with Crippen LogP contribution >= 0.6 is 0 Å². The van der Waals surface area contributed by atoms with Crippen molar-refractivity contribution in [3.05, 3.63) is 60.2 Å². The van der Waals surface area contributed by atoms with Crippen LogP contribution in [0.1, 0.15) is 13.8 Å². The van der Waals surface area contributed by atoms with Crippen molar-refractivity contribution in [3.63, 3.8) is 0 Å². The molecule has 0 saturated carbocycles. The van der Waals surface area contributed by atoms with Crippen LogP contribution < -0.4 is 27.5 Å². The first kappa shape index (κ1) is 15.3. The average Bonchev–Trinajstić information content (AvgIpc) is 2.84. The van der Waals surface area contributed by atoms with Gasteiger partial charge in [0.15, 0.2) is 5.78 Å². The van der Waals surface area contributed by atoms with Gasteiger partial charge in [0.25, 0.3) is 0 Å². The zero-order chi connectivity index (χ0) is 14.1. The van der Waals surface area contributed by atoms with Crippen LogP contribution in [-0.2, 0) is 11.3 Å². The van der Waals surface area contributed by atoms with Crippen LogP contribution in [0.5, 0.6) is 0 Å². The number of nitrogens with zero attached hydrogens (tertiary/aromatic N) is 3. The highest BCUT2D eigenvalue weighted by atomic mass is 35.5. The topological polar surface area (TPSA) is 39.5 Å². The molecule has 0 spiro atoms. The number of nitrogens with one attached hydrogen (secondary N) is 1. The minimum absolute atomic E-state index is 0. The number of ketones is 1. The molecule has 1 aromatic rings. The fourth-order valence-corrected chi connectivity index (χ4v) is 2.32. The molecule has 110 valence electrons. The van der Waals surface area contributed by atoms with Gasteiger partial charge in [-0.2, -0.15) is 0 Å². The number of pyridine rings is 1. The van der Waals surface area contributed by atoms with E-state index in [0.29, 0.717) is 6.54 Å². The van der Waals surface area contributed by atoms with Crippen LogP contribution in [-0.4, -0.2) is 10.8 Å². The molecule has 6 heteroatoms. The molecule has 2 aliphatic rings. The summed E-state index contributed by atoms with van der Waals surface area (Å²) in [6.45, 7) is 4.00. The molecule has 0 amide bonds. The van der Waals surface area contributed by atoms with Gasteiger partial charge in [0.1, 0.15) is 18.4 Å². The molecule has 1 aromatic heterocycles. The predicted octanol–water partition coefficient (Wildman–Crippen LogP) is -1.58. The highest BCUT2D eigenvalue weighted by molar-refractivity contribution is 5.74. The molecule has 0 atom stereocenters. The van der Waals surface area contributed by atoms with Crippen molar-refractivity contribution in [3.8, 4) is 0 Å². The second-order valence-corrected chi connectivity index (χ2v) is 4.92. The largest absolute Gasteiger partial charge is 1.00 e. The molecular weight excluding hydrogens is 288 g/mol. The predicted molar refractivity (Wildman–Crippen MR) is 75.8 cm³/mol. The highest BCUT2D eigenvalue weighted by Gasteiger charge is 2.30. The number of Topliss-reactive ketones (excluding diaryl/α,β-unsaturated/α-hetero) is 1. The molecule has 21 heavy (non-hydrogen) atoms. The molecule has 0 radical (unpaired) electrons. The van der Waals surface area contributed by atoms with Gasteiger partial charge in [-0.15, -0.1) is 5.01 Å². The molecule has 3 heterocycles. The minimum Gasteiger partial charge on any atom is -1.00 e. The number of aromatic nitrogens is 1. The van der Waals surface area contributed by atoms with E-state index in [1.807, 2.05) is 70.3 Å². The van der Waals surface area contributed by atoms with Gasteiger partial charge in [-0.05, 0) is 32.1 Å². The number of hydrogen-bond donors (Lipinski definition) is 1. The quantitative estimate of drug-likeness (QED) is 0.685. The Hall–Kier alpha value is -2.11. The molecule has 2 aliphatic heterocycles. The third kappa shape index (κ3) is 2.99. The molecular formula is C15H17ClN4O. The Kier molecular flexibility index (Phi) is 4.45. The monoisotopic (exact) mass is 304 g/mol. The number of rotatable bonds is 3. The van der Waals surface area contributed by atoms with Gasteiger partial charge in [-0.1, -0.05) is 17.7 Å². The molecule has 0 unspecified atom stereocenters. The zero-order valence-corrected chi connectivity index (χ0v) is 12.7. The lowest BCUT2D eigenvalue weighted by molar-refractivity contribution is -0.671. The van der Waals surface area contributed by atoms with Crippen molar-refractivity contribution < 1.29 is 21.8 Å². The Morgan fingerprint density at radius 2 is 2.19 bits per heavy atom. The summed E-state index contributed by atoms with van der Waals surface area (Å²) in [7, 11) is 0. The van der Waals surface area contributed by atoms with Crippen LogP contribution in [0.3, 0.4) is 0 Å². The van der Waals surface area contributed by atoms with Gasteiger partial charge in [-0.3, -0.25) is 4.79 Å². The summed E-state index contributed by atoms with van der Waals surface area (Å²) in [6.07, 6.45) is 10.0. The fraction of sp³-hybridized carbons (Fsp3) is 0.200. The summed E-state index contributed by atoms with van der Waals surface area (Å²) in [5, 5.41) is 3.93. The maximum Gasteiger partial charge on any atom is 0.301 e. The van der Waals surface area contributed by atoms with E-state index in [1.165, 1.54) is 0 Å². The molecule has 0 aromatic carbocycles. The first-order chi connectivity index (χ1) is 9.65. The van der Waals surface area contributed by atoms with E-state index in [9.17, 15) is 4.79 Å². The van der Waals surface area contributed by atoms with Gasteiger partial charge in [0, 0.05) is 11.8 Å². The van der Waals surface area contributed by atoms with Gasteiger partial charge >= 0.3 is 5.82 Å². The van der Waals surface area contributed by atoms with E-state index in [-0.39, 0.29) is 18.2 Å². The van der Waals surface area contributed by atoms with Crippen LogP contribution in [0, 0.1) is 0 Å². The zero-order valence-electron chi connectivity index (χ0n) is 12.0. The molecule has 0 bridgehead atoms. The van der Waals surface area contributed by atoms with E-state index in [1.54, 1.807) is 6.92 Å². The third-order valence-electron chi connectivity index (χ3n) is 3.24. The van der Waals surface area contributed by atoms with Gasteiger partial charge in [0.05, 0.1) is 6.20 Å². The van der Waals surface area contributed by atoms with Gasteiger partial charge in [0.2, 0.25) is 0 Å². The van der Waals surface area contributed by atoms with E-state index < -0.39 is 0 Å². The first-order valence-electron chi connectivity index (χ1n) is 6.55. The number of anilines is 1. The summed E-state index contributed by atoms with van der Waals surface area (Å²) in [6, 6.07) is 5.87. The van der Waals surface area contributed by atoms with Crippen LogP contribution in [0.2, 0.25) is 0 Å². The van der Waals surface area contributed by atoms with E-state index in [4.69, 9.17) is 0 Å². The lowest BCUT2D eigenvalue weighted by Crippen LogP contribution is -3.00. The number of allylic oxidation sites excluding steroid dienone is 4. The smallest absolute Gasteiger partial charge is 0.301 e. The normalized spacial score (nSPS) is 16.1. The first-order valence-corrected chi connectivity index (χ1v) is 6.55. The van der Waals surface area contributed by atoms with Crippen molar-refractivity contribution >= 4 is 11.6 Å². The maximum atomic E-state index is 11.4. The van der Waals surface area contributed by atoms with Crippen LogP contribution in [0.25, 0.3) is 0 Å². The Morgan fingerprint density at radius 1 is 1.38 bits per heavy atom. The average molecular weight is 305 g/mol. The van der Waals surface area contributed by atoms with Gasteiger partial charge < -0.3 is 12.4 Å². The van der Waals surface area contributed by atoms with Crippen molar-refractivity contribution in [2.75, 3.05) is 5.01 Å². The lowest BCUT2D eigenvalue weighted by Gasteiger charge is -2.22. The van der Waals surface area contributed by atoms with E-state index in [0.717, 1.165) is 17.2 Å². The number of carbonyl (C=O) groups excluding carboxylic acids is 1. The molecule has 0 fully saturated rings. The maximum absolute atomic E-state index is 11.4. The molecule has 0 aliphatic carbocycles. The standard InChI is InChI=1S/C15H17N4O.ClH/c1-12-6-5-7-14-11-18(16-19(12)14)15-8-3-4-9-17(15)10-13(2)20;/h3-9,11,16H,10H2,1-2H3;1H/q+1;/p-1. The minimum atomic E-state index is 0. The second-order valence-electron chi connectivity index (χ2n) is 4.92. The molecule has 5 nitrogen and oxygen atoms in total. The molecule has 0 saturated heterocycles. The van der Waals surface area contributed by atoms with Crippen molar-refractivity contribution in [2.24, 2.45) is 0 Å². The fourth-order valence-electron chi connectivity index (χ4n) is 2.32. The van der Waals surface area contributed by atoms with Crippen molar-refractivity contribution in [1.29, 1.82) is 0 Å². The summed E-state index contributed by atoms with van der Waals surface area (Å²) in [5.41, 5.74) is 5.49. The van der Waals surface area contributed by atoms with E-state index in [2.05, 4.69) is 5.53 Å². The van der Waals surface area contributed by atoms with Crippen LogP contribution in [0.15, 0.2) is 60.2 Å². The third-order valence-corrected chi connectivity index (χ3v) is 3.24. The summed E-state index contributed by atoms with van der Waals surface area (Å²) < 4.78 is 1.92. The van der Waals surface area contributed by atoms with Crippen molar-refractivity contribution in [2.45, 2.75) is 20.4 Å². The SMILES string of the molecule is CC(=O)C[n+]1ccccc1N1C=C2C=CC=C(C)N2N1.[Cl-]. The number of hydrazine groups is 2. The Labute approximate surface area is 130 Å². The Balaban J connectivity index is 0.00000161. The van der Waals surface area contributed by atoms with Crippen LogP contribution in [0.4, 0.5) is 5.82 Å². The Bertz CT molecular complexity index is 651. The summed E-state index contributed by atoms with van der Waals surface area (Å²) in [5.74, 6) is 1.05. The van der Waals surface area contributed by atoms with Gasteiger partial charge in [-0.25, -0.2) is 9.58 Å². The van der Waals surface area contributed by atoms with Crippen molar-refractivity contribution in [1.82, 2.24) is 10.5 Å². The number of halogens is 1. The summed E-state index contributed by atoms with van der Waals surface area (Å²) >= 11 is 0.